The van der Waals surface area contributed by atoms with Crippen LogP contribution in [0.2, 0.25) is 0 Å². The Morgan fingerprint density at radius 3 is 2.28 bits per heavy atom. The normalized spacial score (nSPS) is 15.2. The van der Waals surface area contributed by atoms with Gasteiger partial charge in [-0.1, -0.05) is 12.8 Å². The molecule has 0 spiro atoms. The number of benzene rings is 2. The summed E-state index contributed by atoms with van der Waals surface area (Å²) in [5, 5.41) is 5.13. The van der Waals surface area contributed by atoms with Crippen LogP contribution in [0, 0.1) is 0 Å². The lowest BCUT2D eigenvalue weighted by molar-refractivity contribution is 0.102. The minimum Gasteiger partial charge on any atom is -0.497 e. The van der Waals surface area contributed by atoms with Crippen LogP contribution in [0.1, 0.15) is 36.0 Å². The molecule has 32 heavy (non-hydrogen) atoms. The van der Waals surface area contributed by atoms with Crippen molar-refractivity contribution in [3.8, 4) is 17.0 Å². The number of methoxy groups -OCH3 is 1. The van der Waals surface area contributed by atoms with Gasteiger partial charge in [0.1, 0.15) is 5.75 Å². The van der Waals surface area contributed by atoms with E-state index in [9.17, 15) is 13.2 Å². The summed E-state index contributed by atoms with van der Waals surface area (Å²) < 4.78 is 32.5. The van der Waals surface area contributed by atoms with E-state index >= 15 is 0 Å². The van der Waals surface area contributed by atoms with Crippen LogP contribution in [-0.2, 0) is 10.0 Å². The fourth-order valence-electron chi connectivity index (χ4n) is 3.60. The second-order valence-electron chi connectivity index (χ2n) is 7.56. The van der Waals surface area contributed by atoms with Crippen molar-refractivity contribution in [1.82, 2.24) is 9.29 Å². The first-order valence-electron chi connectivity index (χ1n) is 10.5. The van der Waals surface area contributed by atoms with E-state index in [0.717, 1.165) is 42.7 Å². The number of hydrogen-bond acceptors (Lipinski definition) is 6. The van der Waals surface area contributed by atoms with Crippen LogP contribution in [0.15, 0.2) is 58.8 Å². The zero-order valence-electron chi connectivity index (χ0n) is 17.8. The lowest BCUT2D eigenvalue weighted by Crippen LogP contribution is -2.31. The van der Waals surface area contributed by atoms with Gasteiger partial charge in [-0.2, -0.15) is 4.31 Å². The third-order valence-corrected chi connectivity index (χ3v) is 8.10. The van der Waals surface area contributed by atoms with Crippen LogP contribution in [0.25, 0.3) is 11.3 Å². The molecule has 1 amide bonds. The van der Waals surface area contributed by atoms with E-state index in [1.54, 1.807) is 11.4 Å². The Morgan fingerprint density at radius 1 is 1.00 bits per heavy atom. The second kappa shape index (κ2) is 9.81. The first-order valence-corrected chi connectivity index (χ1v) is 12.8. The molecule has 0 atom stereocenters. The maximum Gasteiger partial charge on any atom is 0.257 e. The number of amides is 1. The van der Waals surface area contributed by atoms with Crippen molar-refractivity contribution in [2.75, 3.05) is 25.5 Å². The summed E-state index contributed by atoms with van der Waals surface area (Å²) in [7, 11) is -1.92. The second-order valence-corrected chi connectivity index (χ2v) is 10.4. The summed E-state index contributed by atoms with van der Waals surface area (Å²) in [6, 6.07) is 13.6. The number of nitrogens with zero attached hydrogens (tertiary/aromatic N) is 2. The molecule has 168 valence electrons. The summed E-state index contributed by atoms with van der Waals surface area (Å²) in [6.07, 6.45) is 3.88. The Morgan fingerprint density at radius 2 is 1.66 bits per heavy atom. The summed E-state index contributed by atoms with van der Waals surface area (Å²) in [5.74, 6) is 0.429. The molecule has 1 aliphatic heterocycles. The molecule has 1 N–H and O–H groups in total. The molecule has 1 fully saturated rings. The average molecular weight is 472 g/mol. The van der Waals surface area contributed by atoms with Crippen LogP contribution in [-0.4, -0.2) is 43.8 Å². The molecule has 0 aliphatic carbocycles. The topological polar surface area (TPSA) is 88.6 Å². The Hall–Kier alpha value is -2.75. The van der Waals surface area contributed by atoms with Gasteiger partial charge in [-0.05, 0) is 61.4 Å². The molecule has 2 aromatic carbocycles. The zero-order valence-corrected chi connectivity index (χ0v) is 19.4. The third-order valence-electron chi connectivity index (χ3n) is 5.43. The fraction of sp³-hybridized carbons (Fsp3) is 0.304. The van der Waals surface area contributed by atoms with E-state index in [-0.39, 0.29) is 10.8 Å². The van der Waals surface area contributed by atoms with Gasteiger partial charge in [0.25, 0.3) is 5.91 Å². The first kappa shape index (κ1) is 22.4. The van der Waals surface area contributed by atoms with Crippen molar-refractivity contribution in [1.29, 1.82) is 0 Å². The van der Waals surface area contributed by atoms with Crippen LogP contribution in [0.5, 0.6) is 5.75 Å². The van der Waals surface area contributed by atoms with Gasteiger partial charge in [0.2, 0.25) is 10.0 Å². The van der Waals surface area contributed by atoms with Gasteiger partial charge >= 0.3 is 0 Å². The van der Waals surface area contributed by atoms with Crippen molar-refractivity contribution in [2.45, 2.75) is 30.6 Å². The van der Waals surface area contributed by atoms with Crippen molar-refractivity contribution in [3.05, 3.63) is 59.5 Å². The Balaban J connectivity index is 1.43. The number of carbonyl (C=O) groups is 1. The number of rotatable bonds is 6. The largest absolute Gasteiger partial charge is 0.497 e. The Labute approximate surface area is 192 Å². The number of anilines is 1. The number of thiazole rings is 1. The number of carbonyl (C=O) groups excluding carboxylic acids is 1. The van der Waals surface area contributed by atoms with Gasteiger partial charge in [0.05, 0.1) is 17.7 Å². The average Bonchev–Trinajstić information content (AvgIpc) is 3.10. The molecule has 0 unspecified atom stereocenters. The number of nitrogens with one attached hydrogen (secondary N) is 1. The SMILES string of the molecule is COc1ccc(-c2csc(NC(=O)c3ccc(S(=O)(=O)N4CCCCCC4)cc3)n2)cc1. The fourth-order valence-corrected chi connectivity index (χ4v) is 5.84. The molecule has 1 saturated heterocycles. The van der Waals surface area contributed by atoms with Gasteiger partial charge in [-0.15, -0.1) is 11.3 Å². The molecule has 0 bridgehead atoms. The Bertz CT molecular complexity index is 1160. The number of sulfonamides is 1. The monoisotopic (exact) mass is 471 g/mol. The molecule has 9 heteroatoms. The number of aromatic nitrogens is 1. The van der Waals surface area contributed by atoms with Crippen molar-refractivity contribution < 1.29 is 17.9 Å². The first-order chi connectivity index (χ1) is 15.5. The van der Waals surface area contributed by atoms with E-state index in [0.29, 0.717) is 23.8 Å². The highest BCUT2D eigenvalue weighted by molar-refractivity contribution is 7.89. The van der Waals surface area contributed by atoms with Gasteiger partial charge in [-0.25, -0.2) is 13.4 Å². The summed E-state index contributed by atoms with van der Waals surface area (Å²) >= 11 is 1.33. The van der Waals surface area contributed by atoms with Crippen molar-refractivity contribution >= 4 is 32.4 Å². The quantitative estimate of drug-likeness (QED) is 0.566. The maximum atomic E-state index is 12.9. The highest BCUT2D eigenvalue weighted by Crippen LogP contribution is 2.27. The van der Waals surface area contributed by atoms with Gasteiger partial charge < -0.3 is 4.74 Å². The van der Waals surface area contributed by atoms with E-state index in [1.807, 2.05) is 29.6 Å². The summed E-state index contributed by atoms with van der Waals surface area (Å²) in [4.78, 5) is 17.3. The minimum absolute atomic E-state index is 0.215. The van der Waals surface area contributed by atoms with Crippen molar-refractivity contribution in [2.24, 2.45) is 0 Å². The lowest BCUT2D eigenvalue weighted by Gasteiger charge is -2.20. The molecular weight excluding hydrogens is 446 g/mol. The Kier molecular flexibility index (Phi) is 6.88. The van der Waals surface area contributed by atoms with Crippen LogP contribution in [0.4, 0.5) is 5.13 Å². The van der Waals surface area contributed by atoms with Crippen LogP contribution in [0.3, 0.4) is 0 Å². The molecule has 1 aromatic heterocycles. The number of hydrogen-bond donors (Lipinski definition) is 1. The van der Waals surface area contributed by atoms with E-state index in [4.69, 9.17) is 4.74 Å². The maximum absolute atomic E-state index is 12.9. The summed E-state index contributed by atoms with van der Waals surface area (Å²) in [5.41, 5.74) is 2.05. The standard InChI is InChI=1S/C23H25N3O4S2/c1-30-19-10-6-17(7-11-19)21-16-31-23(24-21)25-22(27)18-8-12-20(13-9-18)32(28,29)26-14-4-2-3-5-15-26/h6-13,16H,2-5,14-15H2,1H3,(H,24,25,27). The molecule has 2 heterocycles. The molecule has 0 radical (unpaired) electrons. The predicted molar refractivity (Wildman–Crippen MR) is 126 cm³/mol. The third kappa shape index (κ3) is 5.01. The van der Waals surface area contributed by atoms with Gasteiger partial charge in [-0.3, -0.25) is 10.1 Å². The molecule has 3 aromatic rings. The highest BCUT2D eigenvalue weighted by atomic mass is 32.2. The van der Waals surface area contributed by atoms with Crippen LogP contribution < -0.4 is 10.1 Å². The van der Waals surface area contributed by atoms with E-state index in [1.165, 1.54) is 35.6 Å². The lowest BCUT2D eigenvalue weighted by atomic mass is 10.2. The van der Waals surface area contributed by atoms with Gasteiger partial charge in [0, 0.05) is 29.6 Å². The molecule has 0 saturated carbocycles. The zero-order chi connectivity index (χ0) is 22.6. The molecule has 7 nitrogen and oxygen atoms in total. The predicted octanol–water partition coefficient (Wildman–Crippen LogP) is 4.64. The van der Waals surface area contributed by atoms with E-state index < -0.39 is 10.0 Å². The highest BCUT2D eigenvalue weighted by Gasteiger charge is 2.25. The smallest absolute Gasteiger partial charge is 0.257 e. The number of ether oxygens (including phenoxy) is 1. The molecular formula is C23H25N3O4S2. The van der Waals surface area contributed by atoms with E-state index in [2.05, 4.69) is 10.3 Å². The van der Waals surface area contributed by atoms with Crippen molar-refractivity contribution in [3.63, 3.8) is 0 Å². The minimum atomic E-state index is -3.54. The molecule has 4 rings (SSSR count). The van der Waals surface area contributed by atoms with Gasteiger partial charge in [0.15, 0.2) is 5.13 Å². The summed E-state index contributed by atoms with van der Waals surface area (Å²) in [6.45, 7) is 1.09. The molecule has 1 aliphatic rings. The van der Waals surface area contributed by atoms with Crippen LogP contribution >= 0.6 is 11.3 Å².